The van der Waals surface area contributed by atoms with Crippen molar-refractivity contribution in [1.29, 1.82) is 0 Å². The number of nitrogens with two attached hydrogens (primary N) is 1. The predicted octanol–water partition coefficient (Wildman–Crippen LogP) is 2.08. The van der Waals surface area contributed by atoms with Crippen molar-refractivity contribution in [3.05, 3.63) is 41.1 Å². The van der Waals surface area contributed by atoms with E-state index < -0.39 is 11.7 Å². The van der Waals surface area contributed by atoms with Crippen molar-refractivity contribution < 1.29 is 13.2 Å². The molecule has 100 valence electrons. The highest BCUT2D eigenvalue weighted by molar-refractivity contribution is 5.49. The number of hydrogen-bond donors (Lipinski definition) is 2. The molecule has 1 aromatic heterocycles. The second-order valence-corrected chi connectivity index (χ2v) is 4.37. The molecule has 0 radical (unpaired) electrons. The van der Waals surface area contributed by atoms with Crippen LogP contribution in [-0.4, -0.2) is 9.78 Å². The van der Waals surface area contributed by atoms with E-state index in [4.69, 9.17) is 5.73 Å². The Labute approximate surface area is 107 Å². The van der Waals surface area contributed by atoms with Crippen LogP contribution in [0.2, 0.25) is 0 Å². The van der Waals surface area contributed by atoms with Gasteiger partial charge in [0.15, 0.2) is 5.82 Å². The Morgan fingerprint density at radius 2 is 2.05 bits per heavy atom. The zero-order valence-corrected chi connectivity index (χ0v) is 9.83. The van der Waals surface area contributed by atoms with E-state index in [9.17, 15) is 13.2 Å². The van der Waals surface area contributed by atoms with Crippen LogP contribution < -0.4 is 11.1 Å². The third kappa shape index (κ3) is 1.95. The van der Waals surface area contributed by atoms with Crippen molar-refractivity contribution in [2.45, 2.75) is 19.3 Å². The van der Waals surface area contributed by atoms with Crippen molar-refractivity contribution in [2.75, 3.05) is 5.73 Å². The first kappa shape index (κ1) is 12.0. The van der Waals surface area contributed by atoms with E-state index in [0.717, 1.165) is 23.4 Å². The quantitative estimate of drug-likeness (QED) is 0.832. The number of nitrogens with zero attached hydrogens (tertiary/aromatic N) is 2. The van der Waals surface area contributed by atoms with Gasteiger partial charge in [-0.25, -0.2) is 4.68 Å². The molecule has 3 rings (SSSR count). The highest BCUT2D eigenvalue weighted by Gasteiger charge is 2.31. The van der Waals surface area contributed by atoms with Gasteiger partial charge in [0.1, 0.15) is 0 Å². The molecule has 19 heavy (non-hydrogen) atoms. The summed E-state index contributed by atoms with van der Waals surface area (Å²) in [5.74, 6) is 0.359. The molecule has 1 aromatic carbocycles. The van der Waals surface area contributed by atoms with Crippen LogP contribution in [0.3, 0.4) is 0 Å². The number of nitrogen functional groups attached to an aromatic ring is 1. The summed E-state index contributed by atoms with van der Waals surface area (Å²) < 4.78 is 39.6. The van der Waals surface area contributed by atoms with Gasteiger partial charge in [-0.3, -0.25) is 0 Å². The Kier molecular flexibility index (Phi) is 2.53. The molecule has 0 saturated carbocycles. The fourth-order valence-electron chi connectivity index (χ4n) is 2.21. The van der Waals surface area contributed by atoms with Crippen molar-refractivity contribution >= 4 is 5.82 Å². The number of anilines is 1. The van der Waals surface area contributed by atoms with Gasteiger partial charge in [0, 0.05) is 18.7 Å². The molecule has 3 N–H and O–H groups in total. The third-order valence-electron chi connectivity index (χ3n) is 3.13. The van der Waals surface area contributed by atoms with Gasteiger partial charge in [-0.05, 0) is 18.2 Å². The van der Waals surface area contributed by atoms with E-state index in [1.54, 1.807) is 6.07 Å². The van der Waals surface area contributed by atoms with Gasteiger partial charge in [-0.2, -0.15) is 18.3 Å². The van der Waals surface area contributed by atoms with Crippen LogP contribution in [0, 0.1) is 0 Å². The van der Waals surface area contributed by atoms with Crippen LogP contribution in [0.25, 0.3) is 5.69 Å². The molecule has 0 spiro atoms. The number of hydrogen-bond acceptors (Lipinski definition) is 3. The lowest BCUT2D eigenvalue weighted by Crippen LogP contribution is -2.10. The SMILES string of the molecule is Nc1nn(-c2cccc(C(F)(F)F)c2)c2c1CNC2. The average Bonchev–Trinajstić information content (AvgIpc) is 2.93. The number of alkyl halides is 3. The molecule has 0 amide bonds. The van der Waals surface area contributed by atoms with E-state index in [-0.39, 0.29) is 0 Å². The van der Waals surface area contributed by atoms with E-state index >= 15 is 0 Å². The minimum Gasteiger partial charge on any atom is -0.382 e. The van der Waals surface area contributed by atoms with Gasteiger partial charge in [-0.15, -0.1) is 0 Å². The molecule has 0 fully saturated rings. The van der Waals surface area contributed by atoms with Crippen LogP contribution in [0.5, 0.6) is 0 Å². The molecule has 0 bridgehead atoms. The number of halogens is 3. The lowest BCUT2D eigenvalue weighted by Gasteiger charge is -2.10. The molecular formula is C12H11F3N4. The molecule has 1 aliphatic heterocycles. The average molecular weight is 268 g/mol. The van der Waals surface area contributed by atoms with Crippen LogP contribution in [0.4, 0.5) is 19.0 Å². The number of nitrogens with one attached hydrogen (secondary N) is 1. The lowest BCUT2D eigenvalue weighted by atomic mass is 10.2. The number of rotatable bonds is 1. The monoisotopic (exact) mass is 268 g/mol. The molecule has 7 heteroatoms. The summed E-state index contributed by atoms with van der Waals surface area (Å²) in [4.78, 5) is 0. The molecule has 2 aromatic rings. The minimum atomic E-state index is -4.36. The molecule has 2 heterocycles. The van der Waals surface area contributed by atoms with Gasteiger partial charge < -0.3 is 11.1 Å². The summed E-state index contributed by atoms with van der Waals surface area (Å²) in [6.45, 7) is 1.15. The summed E-state index contributed by atoms with van der Waals surface area (Å²) in [6, 6.07) is 5.06. The highest BCUT2D eigenvalue weighted by atomic mass is 19.4. The maximum absolute atomic E-state index is 12.7. The number of aromatic nitrogens is 2. The van der Waals surface area contributed by atoms with Crippen molar-refractivity contribution in [1.82, 2.24) is 15.1 Å². The van der Waals surface area contributed by atoms with E-state index in [1.165, 1.54) is 10.7 Å². The van der Waals surface area contributed by atoms with Gasteiger partial charge >= 0.3 is 6.18 Å². The second kappa shape index (κ2) is 3.99. The summed E-state index contributed by atoms with van der Waals surface area (Å²) in [7, 11) is 0. The Morgan fingerprint density at radius 3 is 2.79 bits per heavy atom. The normalized spacial score (nSPS) is 14.7. The van der Waals surface area contributed by atoms with Gasteiger partial charge in [0.25, 0.3) is 0 Å². The van der Waals surface area contributed by atoms with E-state index in [1.807, 2.05) is 0 Å². The van der Waals surface area contributed by atoms with Crippen molar-refractivity contribution in [3.8, 4) is 5.69 Å². The minimum absolute atomic E-state index is 0.359. The molecular weight excluding hydrogens is 257 g/mol. The van der Waals surface area contributed by atoms with Gasteiger partial charge in [-0.1, -0.05) is 6.07 Å². The number of fused-ring (bicyclic) bond motifs is 1. The van der Waals surface area contributed by atoms with Gasteiger partial charge in [0.2, 0.25) is 0 Å². The first-order valence-electron chi connectivity index (χ1n) is 5.71. The Bertz CT molecular complexity index is 630. The lowest BCUT2D eigenvalue weighted by molar-refractivity contribution is -0.137. The Balaban J connectivity index is 2.11. The molecule has 0 saturated heterocycles. The van der Waals surface area contributed by atoms with Crippen LogP contribution in [0.15, 0.2) is 24.3 Å². The van der Waals surface area contributed by atoms with E-state index in [0.29, 0.717) is 24.6 Å². The maximum atomic E-state index is 12.7. The van der Waals surface area contributed by atoms with Crippen LogP contribution in [-0.2, 0) is 19.3 Å². The first-order chi connectivity index (χ1) is 8.97. The van der Waals surface area contributed by atoms with Crippen molar-refractivity contribution in [3.63, 3.8) is 0 Å². The fraction of sp³-hybridized carbons (Fsp3) is 0.250. The summed E-state index contributed by atoms with van der Waals surface area (Å²) in [5.41, 5.74) is 7.11. The predicted molar refractivity (Wildman–Crippen MR) is 63.5 cm³/mol. The topological polar surface area (TPSA) is 55.9 Å². The Morgan fingerprint density at radius 1 is 1.26 bits per heavy atom. The van der Waals surface area contributed by atoms with Gasteiger partial charge in [0.05, 0.1) is 16.9 Å². The largest absolute Gasteiger partial charge is 0.416 e. The summed E-state index contributed by atoms with van der Waals surface area (Å²) in [6.07, 6.45) is -4.36. The number of benzene rings is 1. The van der Waals surface area contributed by atoms with Crippen molar-refractivity contribution in [2.24, 2.45) is 0 Å². The molecule has 0 atom stereocenters. The fourth-order valence-corrected chi connectivity index (χ4v) is 2.21. The maximum Gasteiger partial charge on any atom is 0.416 e. The molecule has 4 nitrogen and oxygen atoms in total. The first-order valence-corrected chi connectivity index (χ1v) is 5.71. The molecule has 1 aliphatic rings. The summed E-state index contributed by atoms with van der Waals surface area (Å²) >= 11 is 0. The smallest absolute Gasteiger partial charge is 0.382 e. The van der Waals surface area contributed by atoms with Crippen LogP contribution >= 0.6 is 0 Å². The highest BCUT2D eigenvalue weighted by Crippen LogP contribution is 2.31. The molecule has 0 aliphatic carbocycles. The third-order valence-corrected chi connectivity index (χ3v) is 3.13. The van der Waals surface area contributed by atoms with E-state index in [2.05, 4.69) is 10.4 Å². The molecule has 0 unspecified atom stereocenters. The standard InChI is InChI=1S/C12H11F3N4/c13-12(14,15)7-2-1-3-8(4-7)19-10-6-17-5-9(10)11(16)18-19/h1-4,17H,5-6H2,(H2,16,18). The summed E-state index contributed by atoms with van der Waals surface area (Å²) in [5, 5.41) is 7.21. The zero-order valence-electron chi connectivity index (χ0n) is 9.83. The van der Waals surface area contributed by atoms with Crippen LogP contribution in [0.1, 0.15) is 16.8 Å². The second-order valence-electron chi connectivity index (χ2n) is 4.37. The zero-order chi connectivity index (χ0) is 13.6. The Hall–Kier alpha value is -2.02.